The number of likely N-dealkylation sites (tertiary alicyclic amines) is 1. The molecule has 6 heteroatoms. The number of amides is 1. The number of carbonyl (C=O) groups is 1. The fraction of sp³-hybridized carbons (Fsp3) is 0.227. The zero-order valence-electron chi connectivity index (χ0n) is 15.5. The molecule has 0 bridgehead atoms. The summed E-state index contributed by atoms with van der Waals surface area (Å²) in [5.74, 6) is 0.0277. The molecule has 0 spiro atoms. The third-order valence-corrected chi connectivity index (χ3v) is 5.40. The number of halogens is 1. The van der Waals surface area contributed by atoms with Crippen molar-refractivity contribution in [2.24, 2.45) is 0 Å². The van der Waals surface area contributed by atoms with Crippen molar-refractivity contribution in [1.29, 1.82) is 0 Å². The summed E-state index contributed by atoms with van der Waals surface area (Å²) < 4.78 is 4.99. The number of hydrogen-bond acceptors (Lipinski definition) is 4. The van der Waals surface area contributed by atoms with Crippen LogP contribution in [-0.2, 0) is 0 Å². The van der Waals surface area contributed by atoms with Gasteiger partial charge in [0.1, 0.15) is 0 Å². The third kappa shape index (κ3) is 3.58. The lowest BCUT2D eigenvalue weighted by Gasteiger charge is -2.26. The van der Waals surface area contributed by atoms with E-state index in [2.05, 4.69) is 9.97 Å². The smallest absolute Gasteiger partial charge is 0.316 e. The van der Waals surface area contributed by atoms with Crippen molar-refractivity contribution in [3.05, 3.63) is 77.1 Å². The average Bonchev–Trinajstić information content (AvgIpc) is 3.23. The quantitative estimate of drug-likeness (QED) is 0.639. The van der Waals surface area contributed by atoms with Gasteiger partial charge in [-0.3, -0.25) is 4.79 Å². The molecular formula is C22H20ClN3O2. The standard InChI is InChI=1S/C22H20ClN3O2/c1-28-22-24-13-17(14-25-22)15-8-10-16(11-9-15)21(27)26-12-4-7-20(26)18-5-2-3-6-19(18)23/h2-3,5-6,8-11,13-14,20H,4,7,12H2,1H3/t20-/m1/s1. The summed E-state index contributed by atoms with van der Waals surface area (Å²) in [6.07, 6.45) is 5.31. The van der Waals surface area contributed by atoms with Crippen LogP contribution < -0.4 is 4.74 Å². The minimum atomic E-state index is 0.0239. The number of methoxy groups -OCH3 is 1. The van der Waals surface area contributed by atoms with E-state index in [9.17, 15) is 4.79 Å². The molecule has 1 aliphatic heterocycles. The Bertz CT molecular complexity index is 974. The molecule has 0 N–H and O–H groups in total. The maximum Gasteiger partial charge on any atom is 0.316 e. The van der Waals surface area contributed by atoms with E-state index in [-0.39, 0.29) is 11.9 Å². The average molecular weight is 394 g/mol. The van der Waals surface area contributed by atoms with Crippen LogP contribution in [0, 0.1) is 0 Å². The summed E-state index contributed by atoms with van der Waals surface area (Å²) in [6.45, 7) is 0.739. The van der Waals surface area contributed by atoms with Crippen LogP contribution in [0.25, 0.3) is 11.1 Å². The summed E-state index contributed by atoms with van der Waals surface area (Å²) in [6, 6.07) is 15.6. The van der Waals surface area contributed by atoms with Gasteiger partial charge in [-0.05, 0) is 42.2 Å². The molecule has 0 unspecified atom stereocenters. The van der Waals surface area contributed by atoms with Crippen LogP contribution >= 0.6 is 11.6 Å². The van der Waals surface area contributed by atoms with E-state index in [1.54, 1.807) is 12.4 Å². The number of aromatic nitrogens is 2. The Morgan fingerprint density at radius 3 is 2.46 bits per heavy atom. The number of rotatable bonds is 4. The van der Waals surface area contributed by atoms with Gasteiger partial charge in [-0.15, -0.1) is 0 Å². The first-order valence-electron chi connectivity index (χ1n) is 9.19. The second kappa shape index (κ2) is 7.98. The molecular weight excluding hydrogens is 374 g/mol. The molecule has 0 radical (unpaired) electrons. The molecule has 1 aliphatic rings. The van der Waals surface area contributed by atoms with Gasteiger partial charge in [0.15, 0.2) is 0 Å². The van der Waals surface area contributed by atoms with Crippen molar-refractivity contribution in [3.8, 4) is 17.1 Å². The van der Waals surface area contributed by atoms with Crippen LogP contribution in [0.2, 0.25) is 5.02 Å². The summed E-state index contributed by atoms with van der Waals surface area (Å²) in [7, 11) is 1.53. The van der Waals surface area contributed by atoms with Crippen molar-refractivity contribution in [2.45, 2.75) is 18.9 Å². The zero-order chi connectivity index (χ0) is 19.5. The van der Waals surface area contributed by atoms with Crippen LogP contribution in [0.15, 0.2) is 60.9 Å². The van der Waals surface area contributed by atoms with Gasteiger partial charge < -0.3 is 9.64 Å². The van der Waals surface area contributed by atoms with Gasteiger partial charge >= 0.3 is 6.01 Å². The molecule has 2 heterocycles. The molecule has 1 aromatic heterocycles. The first-order valence-corrected chi connectivity index (χ1v) is 9.57. The first kappa shape index (κ1) is 18.4. The van der Waals surface area contributed by atoms with Crippen LogP contribution in [0.4, 0.5) is 0 Å². The highest BCUT2D eigenvalue weighted by Crippen LogP contribution is 2.36. The van der Waals surface area contributed by atoms with Gasteiger partial charge in [-0.1, -0.05) is 41.9 Å². The SMILES string of the molecule is COc1ncc(-c2ccc(C(=O)N3CCC[C@@H]3c3ccccc3Cl)cc2)cn1. The summed E-state index contributed by atoms with van der Waals surface area (Å²) in [5, 5.41) is 0.710. The van der Waals surface area contributed by atoms with Crippen LogP contribution in [-0.4, -0.2) is 34.4 Å². The van der Waals surface area contributed by atoms with Crippen LogP contribution in [0.3, 0.4) is 0 Å². The largest absolute Gasteiger partial charge is 0.467 e. The number of nitrogens with zero attached hydrogens (tertiary/aromatic N) is 3. The van der Waals surface area contributed by atoms with Gasteiger partial charge in [0.25, 0.3) is 5.91 Å². The monoisotopic (exact) mass is 393 g/mol. The Balaban J connectivity index is 1.55. The maximum atomic E-state index is 13.1. The molecule has 0 aliphatic carbocycles. The van der Waals surface area contributed by atoms with Gasteiger partial charge in [-0.25, -0.2) is 9.97 Å². The minimum Gasteiger partial charge on any atom is -0.467 e. The Labute approximate surface area is 169 Å². The molecule has 3 aromatic rings. The van der Waals surface area contributed by atoms with Crippen LogP contribution in [0.5, 0.6) is 6.01 Å². The van der Waals surface area contributed by atoms with Crippen molar-refractivity contribution in [1.82, 2.24) is 14.9 Å². The highest BCUT2D eigenvalue weighted by Gasteiger charge is 2.31. The number of ether oxygens (including phenoxy) is 1. The van der Waals surface area contributed by atoms with E-state index in [0.717, 1.165) is 36.1 Å². The topological polar surface area (TPSA) is 55.3 Å². The van der Waals surface area contributed by atoms with Crippen LogP contribution in [0.1, 0.15) is 34.8 Å². The number of benzene rings is 2. The van der Waals surface area contributed by atoms with E-state index in [4.69, 9.17) is 16.3 Å². The molecule has 2 aromatic carbocycles. The van der Waals surface area contributed by atoms with Gasteiger partial charge in [0.2, 0.25) is 0 Å². The highest BCUT2D eigenvalue weighted by molar-refractivity contribution is 6.31. The molecule has 28 heavy (non-hydrogen) atoms. The summed E-state index contributed by atoms with van der Waals surface area (Å²) in [4.78, 5) is 23.3. The number of carbonyl (C=O) groups excluding carboxylic acids is 1. The van der Waals surface area contributed by atoms with E-state index in [0.29, 0.717) is 16.6 Å². The summed E-state index contributed by atoms with van der Waals surface area (Å²) in [5.41, 5.74) is 3.50. The zero-order valence-corrected chi connectivity index (χ0v) is 16.3. The lowest BCUT2D eigenvalue weighted by Crippen LogP contribution is -2.30. The lowest BCUT2D eigenvalue weighted by atomic mass is 10.0. The second-order valence-electron chi connectivity index (χ2n) is 6.71. The third-order valence-electron chi connectivity index (χ3n) is 5.05. The van der Waals surface area contributed by atoms with Crippen molar-refractivity contribution < 1.29 is 9.53 Å². The fourth-order valence-corrected chi connectivity index (χ4v) is 3.88. The molecule has 1 fully saturated rings. The molecule has 1 atom stereocenters. The highest BCUT2D eigenvalue weighted by atomic mass is 35.5. The normalized spacial score (nSPS) is 16.2. The van der Waals surface area contributed by atoms with Gasteiger partial charge in [0.05, 0.1) is 13.2 Å². The molecule has 4 rings (SSSR count). The molecule has 142 valence electrons. The molecule has 5 nitrogen and oxygen atoms in total. The Hall–Kier alpha value is -2.92. The molecule has 1 amide bonds. The van der Waals surface area contributed by atoms with E-state index >= 15 is 0 Å². The first-order chi connectivity index (χ1) is 13.7. The molecule has 0 saturated carbocycles. The van der Waals surface area contributed by atoms with E-state index < -0.39 is 0 Å². The predicted molar refractivity (Wildman–Crippen MR) is 108 cm³/mol. The van der Waals surface area contributed by atoms with Crippen molar-refractivity contribution in [3.63, 3.8) is 0 Å². The summed E-state index contributed by atoms with van der Waals surface area (Å²) >= 11 is 6.37. The molecule has 1 saturated heterocycles. The van der Waals surface area contributed by atoms with Crippen molar-refractivity contribution in [2.75, 3.05) is 13.7 Å². The Morgan fingerprint density at radius 2 is 1.79 bits per heavy atom. The van der Waals surface area contributed by atoms with Crippen molar-refractivity contribution >= 4 is 17.5 Å². The van der Waals surface area contributed by atoms with E-state index in [1.165, 1.54) is 7.11 Å². The predicted octanol–water partition coefficient (Wildman–Crippen LogP) is 4.78. The fourth-order valence-electron chi connectivity index (χ4n) is 3.62. The van der Waals surface area contributed by atoms with E-state index in [1.807, 2.05) is 53.4 Å². The second-order valence-corrected chi connectivity index (χ2v) is 7.12. The van der Waals surface area contributed by atoms with Gasteiger partial charge in [0, 0.05) is 35.1 Å². The Kier molecular flexibility index (Phi) is 5.26. The maximum absolute atomic E-state index is 13.1. The van der Waals surface area contributed by atoms with Gasteiger partial charge in [-0.2, -0.15) is 0 Å². The lowest BCUT2D eigenvalue weighted by molar-refractivity contribution is 0.0736. The minimum absolute atomic E-state index is 0.0239. The number of hydrogen-bond donors (Lipinski definition) is 0. The Morgan fingerprint density at radius 1 is 1.07 bits per heavy atom.